The Balaban J connectivity index is 1.90. The molecule has 0 radical (unpaired) electrons. The van der Waals surface area contributed by atoms with Crippen molar-refractivity contribution in [3.8, 4) is 11.5 Å². The Hall–Kier alpha value is -2.82. The maximum absolute atomic E-state index is 14.9. The maximum Gasteiger partial charge on any atom is 0.452 e. The summed E-state index contributed by atoms with van der Waals surface area (Å²) in [5.41, 5.74) is -0.732. The monoisotopic (exact) mass is 707 g/mol. The Kier molecular flexibility index (Phi) is 14.4. The second kappa shape index (κ2) is 17.5. The summed E-state index contributed by atoms with van der Waals surface area (Å²) < 4.78 is 32.6. The van der Waals surface area contributed by atoms with E-state index in [1.54, 1.807) is 68.6 Å². The highest BCUT2D eigenvalue weighted by atomic mass is 32.2. The lowest BCUT2D eigenvalue weighted by molar-refractivity contribution is -0.141. The Morgan fingerprint density at radius 2 is 1.47 bits per heavy atom. The van der Waals surface area contributed by atoms with Crippen molar-refractivity contribution in [1.82, 2.24) is 15.5 Å². The van der Waals surface area contributed by atoms with E-state index in [0.717, 1.165) is 16.2 Å². The number of benzene rings is 2. The first-order valence-corrected chi connectivity index (χ1v) is 20.1. The van der Waals surface area contributed by atoms with Gasteiger partial charge in [0.05, 0.1) is 0 Å². The van der Waals surface area contributed by atoms with E-state index in [4.69, 9.17) is 13.8 Å². The van der Waals surface area contributed by atoms with E-state index in [1.165, 1.54) is 4.90 Å². The van der Waals surface area contributed by atoms with Gasteiger partial charge < -0.3 is 29.3 Å². The highest BCUT2D eigenvalue weighted by molar-refractivity contribution is 7.98. The molecule has 1 aliphatic rings. The lowest BCUT2D eigenvalue weighted by Gasteiger charge is -2.33. The number of hydrogen-bond acceptors (Lipinski definition) is 9. The zero-order valence-electron chi connectivity index (χ0n) is 28.7. The summed E-state index contributed by atoms with van der Waals surface area (Å²) in [4.78, 5) is 43.9. The SMILES string of the molecule is CCCCC(NC(=O)[C@@H]1CCCN1C(=O)[C@@H](NC(=O)OC(C)(C)C)C(C)C)P(=O)(Oc1ccc(SC)cc1)Oc1ccc(SC)cc1. The molecule has 10 nitrogen and oxygen atoms in total. The number of amides is 3. The molecule has 3 amide bonds. The molecule has 0 saturated carbocycles. The molecule has 3 rings (SSSR count). The van der Waals surface area contributed by atoms with Gasteiger partial charge in [-0.25, -0.2) is 9.36 Å². The van der Waals surface area contributed by atoms with Crippen molar-refractivity contribution in [2.24, 2.45) is 5.92 Å². The molecule has 1 heterocycles. The number of thioether (sulfide) groups is 2. The van der Waals surface area contributed by atoms with E-state index in [-0.39, 0.29) is 11.8 Å². The first-order valence-electron chi connectivity index (χ1n) is 16.1. The zero-order valence-corrected chi connectivity index (χ0v) is 31.3. The van der Waals surface area contributed by atoms with Crippen LogP contribution in [-0.4, -0.2) is 65.3 Å². The maximum atomic E-state index is 14.9. The Labute approximate surface area is 288 Å². The fourth-order valence-electron chi connectivity index (χ4n) is 5.11. The molecule has 0 aliphatic carbocycles. The summed E-state index contributed by atoms with van der Waals surface area (Å²) in [6, 6.07) is 12.7. The topological polar surface area (TPSA) is 123 Å². The van der Waals surface area contributed by atoms with Crippen LogP contribution in [0.5, 0.6) is 11.5 Å². The number of alkyl carbamates (subject to hydrolysis) is 1. The van der Waals surface area contributed by atoms with Crippen molar-refractivity contribution < 1.29 is 32.7 Å². The van der Waals surface area contributed by atoms with Crippen LogP contribution in [0.1, 0.15) is 73.6 Å². The van der Waals surface area contributed by atoms with Crippen LogP contribution in [0.4, 0.5) is 4.79 Å². The number of nitrogens with zero attached hydrogens (tertiary/aromatic N) is 1. The van der Waals surface area contributed by atoms with Crippen LogP contribution in [0.3, 0.4) is 0 Å². The van der Waals surface area contributed by atoms with Gasteiger partial charge in [0.25, 0.3) is 0 Å². The van der Waals surface area contributed by atoms with Gasteiger partial charge in [0, 0.05) is 16.3 Å². The molecule has 260 valence electrons. The number of hydrogen-bond donors (Lipinski definition) is 2. The van der Waals surface area contributed by atoms with Gasteiger partial charge in [-0.3, -0.25) is 9.59 Å². The minimum Gasteiger partial charge on any atom is -0.444 e. The first-order chi connectivity index (χ1) is 22.2. The quantitative estimate of drug-likeness (QED) is 0.140. The van der Waals surface area contributed by atoms with Gasteiger partial charge >= 0.3 is 13.7 Å². The minimum absolute atomic E-state index is 0.256. The van der Waals surface area contributed by atoms with Crippen molar-refractivity contribution >= 4 is 49.0 Å². The molecule has 0 spiro atoms. The van der Waals surface area contributed by atoms with Crippen molar-refractivity contribution in [2.75, 3.05) is 19.1 Å². The third-order valence-electron chi connectivity index (χ3n) is 7.55. The summed E-state index contributed by atoms with van der Waals surface area (Å²) in [5.74, 6) is -1.35. The van der Waals surface area contributed by atoms with Crippen molar-refractivity contribution in [1.29, 1.82) is 0 Å². The molecule has 1 unspecified atom stereocenters. The summed E-state index contributed by atoms with van der Waals surface area (Å²) in [6.45, 7) is 11.3. The summed E-state index contributed by atoms with van der Waals surface area (Å²) in [5, 5.41) is 5.68. The third kappa shape index (κ3) is 11.4. The number of nitrogens with one attached hydrogen (secondary N) is 2. The third-order valence-corrected chi connectivity index (χ3v) is 11.1. The standard InChI is InChI=1S/C34H50N3O7PS2/c1-9-10-13-29(45(41,43-24-14-18-26(46-7)19-15-24)44-25-16-20-27(47-8)21-17-25)35-31(38)28-12-11-22-37(28)32(39)30(23(2)3)36-33(40)42-34(4,5)6/h14-21,23,28-30H,9-13,22H2,1-8H3,(H,35,38)(H,36,40)/t28-,29?,30-/m0/s1. The second-order valence-corrected chi connectivity index (χ2v) is 16.6. The average Bonchev–Trinajstić information content (AvgIpc) is 3.51. The molecule has 2 aromatic carbocycles. The molecule has 0 bridgehead atoms. The summed E-state index contributed by atoms with van der Waals surface area (Å²) >= 11 is 3.15. The molecule has 47 heavy (non-hydrogen) atoms. The highest BCUT2D eigenvalue weighted by Crippen LogP contribution is 2.53. The van der Waals surface area contributed by atoms with Gasteiger partial charge in [-0.1, -0.05) is 33.6 Å². The molecule has 3 atom stereocenters. The van der Waals surface area contributed by atoms with E-state index in [1.807, 2.05) is 57.5 Å². The lowest BCUT2D eigenvalue weighted by Crippen LogP contribution is -2.56. The molecule has 1 fully saturated rings. The van der Waals surface area contributed by atoms with Crippen LogP contribution in [0, 0.1) is 5.92 Å². The molecule has 1 saturated heterocycles. The molecular formula is C34H50N3O7PS2. The number of likely N-dealkylation sites (tertiary alicyclic amines) is 1. The fourth-order valence-corrected chi connectivity index (χ4v) is 7.83. The van der Waals surface area contributed by atoms with Crippen LogP contribution in [0.2, 0.25) is 0 Å². The smallest absolute Gasteiger partial charge is 0.444 e. The molecule has 1 aliphatic heterocycles. The van der Waals surface area contributed by atoms with Crippen LogP contribution in [0.25, 0.3) is 0 Å². The van der Waals surface area contributed by atoms with Crippen LogP contribution < -0.4 is 19.7 Å². The lowest BCUT2D eigenvalue weighted by atomic mass is 10.0. The van der Waals surface area contributed by atoms with Gasteiger partial charge in [0.15, 0.2) is 5.78 Å². The molecule has 2 N–H and O–H groups in total. The average molecular weight is 708 g/mol. The normalized spacial score (nSPS) is 16.4. The molecule has 13 heteroatoms. The molecule has 2 aromatic rings. The van der Waals surface area contributed by atoms with E-state index in [9.17, 15) is 18.9 Å². The van der Waals surface area contributed by atoms with Gasteiger partial charge in [-0.05, 0) is 107 Å². The van der Waals surface area contributed by atoms with E-state index >= 15 is 0 Å². The first kappa shape index (κ1) is 38.6. The number of unbranched alkanes of at least 4 members (excludes halogenated alkanes) is 1. The van der Waals surface area contributed by atoms with Gasteiger partial charge in [-0.2, -0.15) is 0 Å². The fraction of sp³-hybridized carbons (Fsp3) is 0.559. The van der Waals surface area contributed by atoms with Crippen molar-refractivity contribution in [3.05, 3.63) is 48.5 Å². The van der Waals surface area contributed by atoms with Gasteiger partial charge in [0.2, 0.25) is 11.8 Å². The number of carbonyl (C=O) groups excluding carboxylic acids is 3. The Morgan fingerprint density at radius 3 is 1.91 bits per heavy atom. The van der Waals surface area contributed by atoms with Crippen LogP contribution >= 0.6 is 31.1 Å². The van der Waals surface area contributed by atoms with Crippen molar-refractivity contribution in [3.63, 3.8) is 0 Å². The van der Waals surface area contributed by atoms with E-state index in [0.29, 0.717) is 43.7 Å². The zero-order chi connectivity index (χ0) is 34.8. The highest BCUT2D eigenvalue weighted by Gasteiger charge is 2.44. The number of carbonyl (C=O) groups is 3. The summed E-state index contributed by atoms with van der Waals surface area (Å²) in [6.07, 6.45) is 6.04. The predicted molar refractivity (Wildman–Crippen MR) is 189 cm³/mol. The van der Waals surface area contributed by atoms with Crippen molar-refractivity contribution in [2.45, 2.75) is 107 Å². The largest absolute Gasteiger partial charge is 0.452 e. The summed E-state index contributed by atoms with van der Waals surface area (Å²) in [7, 11) is -4.08. The van der Waals surface area contributed by atoms with Gasteiger partial charge in [0.1, 0.15) is 29.2 Å². The number of rotatable bonds is 15. The van der Waals surface area contributed by atoms with E-state index in [2.05, 4.69) is 10.6 Å². The van der Waals surface area contributed by atoms with Crippen LogP contribution in [-0.2, 0) is 18.9 Å². The molecular weight excluding hydrogens is 657 g/mol. The predicted octanol–water partition coefficient (Wildman–Crippen LogP) is 7.95. The number of ether oxygens (including phenoxy) is 1. The second-order valence-electron chi connectivity index (χ2n) is 12.8. The van der Waals surface area contributed by atoms with Gasteiger partial charge in [-0.15, -0.1) is 23.5 Å². The van der Waals surface area contributed by atoms with E-state index < -0.39 is 43.1 Å². The minimum atomic E-state index is -4.08. The Morgan fingerprint density at radius 1 is 0.936 bits per heavy atom. The Bertz CT molecular complexity index is 1330. The van der Waals surface area contributed by atoms with Crippen LogP contribution in [0.15, 0.2) is 58.3 Å². The molecule has 0 aromatic heterocycles.